The lowest BCUT2D eigenvalue weighted by Gasteiger charge is -2.33. The first-order chi connectivity index (χ1) is 11.3. The van der Waals surface area contributed by atoms with E-state index in [4.69, 9.17) is 0 Å². The zero-order valence-corrected chi connectivity index (χ0v) is 13.9. The summed E-state index contributed by atoms with van der Waals surface area (Å²) < 4.78 is 40.1. The number of anilines is 1. The van der Waals surface area contributed by atoms with Gasteiger partial charge in [-0.3, -0.25) is 4.98 Å². The van der Waals surface area contributed by atoms with Crippen LogP contribution in [0.3, 0.4) is 0 Å². The number of rotatable bonds is 2. The SMILES string of the molecule is Cc1cnc(C)c(N2CCC[C@@H](c3nc(C(F)(F)F)cn3C)C2)n1. The van der Waals surface area contributed by atoms with Crippen molar-refractivity contribution in [3.63, 3.8) is 0 Å². The van der Waals surface area contributed by atoms with E-state index in [1.54, 1.807) is 13.2 Å². The molecule has 0 unspecified atom stereocenters. The molecule has 3 rings (SSSR count). The van der Waals surface area contributed by atoms with Gasteiger partial charge in [-0.1, -0.05) is 0 Å². The minimum absolute atomic E-state index is 0.0541. The van der Waals surface area contributed by atoms with Crippen LogP contribution < -0.4 is 4.90 Å². The molecule has 1 aliphatic heterocycles. The average Bonchev–Trinajstić information content (AvgIpc) is 2.92. The van der Waals surface area contributed by atoms with Crippen LogP contribution in [-0.2, 0) is 13.2 Å². The molecule has 3 heterocycles. The second-order valence-electron chi connectivity index (χ2n) is 6.30. The summed E-state index contributed by atoms with van der Waals surface area (Å²) in [7, 11) is 1.62. The Morgan fingerprint density at radius 1 is 1.21 bits per heavy atom. The number of hydrogen-bond acceptors (Lipinski definition) is 4. The molecule has 0 spiro atoms. The van der Waals surface area contributed by atoms with E-state index in [1.165, 1.54) is 4.57 Å². The van der Waals surface area contributed by atoms with Crippen molar-refractivity contribution < 1.29 is 13.2 Å². The predicted octanol–water partition coefficient (Wildman–Crippen LogP) is 3.23. The highest BCUT2D eigenvalue weighted by atomic mass is 19.4. The Labute approximate surface area is 138 Å². The number of alkyl halides is 3. The van der Waals surface area contributed by atoms with Crippen molar-refractivity contribution in [3.8, 4) is 0 Å². The normalized spacial score (nSPS) is 18.9. The van der Waals surface area contributed by atoms with Gasteiger partial charge in [0.05, 0.1) is 11.4 Å². The van der Waals surface area contributed by atoms with Crippen LogP contribution in [-0.4, -0.2) is 32.6 Å². The summed E-state index contributed by atoms with van der Waals surface area (Å²) in [6.45, 7) is 5.20. The second-order valence-corrected chi connectivity index (χ2v) is 6.30. The number of hydrogen-bond donors (Lipinski definition) is 0. The van der Waals surface area contributed by atoms with Crippen LogP contribution >= 0.6 is 0 Å². The fourth-order valence-electron chi connectivity index (χ4n) is 3.20. The van der Waals surface area contributed by atoms with Crippen LogP contribution in [0, 0.1) is 13.8 Å². The summed E-state index contributed by atoms with van der Waals surface area (Å²) in [4.78, 5) is 14.8. The maximum atomic E-state index is 12.9. The molecular formula is C16H20F3N5. The maximum Gasteiger partial charge on any atom is 0.434 e. The molecule has 0 amide bonds. The summed E-state index contributed by atoms with van der Waals surface area (Å²) in [6.07, 6.45) is 0.0640. The molecule has 1 fully saturated rings. The summed E-state index contributed by atoms with van der Waals surface area (Å²) in [5.74, 6) is 1.23. The van der Waals surface area contributed by atoms with Crippen molar-refractivity contribution in [2.24, 2.45) is 7.05 Å². The van der Waals surface area contributed by atoms with Crippen molar-refractivity contribution in [2.45, 2.75) is 38.8 Å². The van der Waals surface area contributed by atoms with Gasteiger partial charge in [-0.25, -0.2) is 9.97 Å². The first-order valence-corrected chi connectivity index (χ1v) is 7.91. The van der Waals surface area contributed by atoms with Gasteiger partial charge in [-0.05, 0) is 26.7 Å². The number of halogens is 3. The molecule has 1 saturated heterocycles. The van der Waals surface area contributed by atoms with E-state index < -0.39 is 11.9 Å². The first-order valence-electron chi connectivity index (χ1n) is 7.91. The quantitative estimate of drug-likeness (QED) is 0.843. The highest BCUT2D eigenvalue weighted by Gasteiger charge is 2.36. The van der Waals surface area contributed by atoms with Gasteiger partial charge in [-0.2, -0.15) is 13.2 Å². The maximum absolute atomic E-state index is 12.9. The molecule has 0 radical (unpaired) electrons. The Hall–Kier alpha value is -2.12. The van der Waals surface area contributed by atoms with E-state index in [1.807, 2.05) is 13.8 Å². The third-order valence-electron chi connectivity index (χ3n) is 4.34. The van der Waals surface area contributed by atoms with Crippen LogP contribution in [0.15, 0.2) is 12.4 Å². The fraction of sp³-hybridized carbons (Fsp3) is 0.562. The topological polar surface area (TPSA) is 46.8 Å². The molecule has 5 nitrogen and oxygen atoms in total. The number of aromatic nitrogens is 4. The molecule has 0 saturated carbocycles. The molecule has 24 heavy (non-hydrogen) atoms. The van der Waals surface area contributed by atoms with E-state index in [0.29, 0.717) is 12.4 Å². The van der Waals surface area contributed by atoms with Crippen molar-refractivity contribution in [3.05, 3.63) is 35.3 Å². The minimum atomic E-state index is -4.41. The number of piperidine rings is 1. The van der Waals surface area contributed by atoms with Crippen LogP contribution in [0.5, 0.6) is 0 Å². The fourth-order valence-corrected chi connectivity index (χ4v) is 3.20. The van der Waals surface area contributed by atoms with E-state index >= 15 is 0 Å². The summed E-state index contributed by atoms with van der Waals surface area (Å²) in [5.41, 5.74) is 0.829. The lowest BCUT2D eigenvalue weighted by molar-refractivity contribution is -0.141. The Bertz CT molecular complexity index is 738. The van der Waals surface area contributed by atoms with Gasteiger partial charge in [0.2, 0.25) is 0 Å². The van der Waals surface area contributed by atoms with Gasteiger partial charge in [0.1, 0.15) is 11.6 Å². The van der Waals surface area contributed by atoms with Crippen molar-refractivity contribution in [1.82, 2.24) is 19.5 Å². The van der Waals surface area contributed by atoms with Crippen molar-refractivity contribution in [2.75, 3.05) is 18.0 Å². The predicted molar refractivity (Wildman–Crippen MR) is 83.9 cm³/mol. The van der Waals surface area contributed by atoms with Gasteiger partial charge in [0, 0.05) is 38.4 Å². The second kappa shape index (κ2) is 6.07. The van der Waals surface area contributed by atoms with E-state index in [9.17, 15) is 13.2 Å². The molecule has 0 N–H and O–H groups in total. The lowest BCUT2D eigenvalue weighted by atomic mass is 9.97. The van der Waals surface area contributed by atoms with E-state index in [0.717, 1.165) is 42.8 Å². The molecule has 0 aromatic carbocycles. The largest absolute Gasteiger partial charge is 0.434 e. The molecule has 130 valence electrons. The zero-order valence-electron chi connectivity index (χ0n) is 13.9. The van der Waals surface area contributed by atoms with Gasteiger partial charge in [-0.15, -0.1) is 0 Å². The highest BCUT2D eigenvalue weighted by Crippen LogP contribution is 2.33. The first kappa shape index (κ1) is 16.7. The Kier molecular flexibility index (Phi) is 4.23. The number of aryl methyl sites for hydroxylation is 3. The van der Waals surface area contributed by atoms with Gasteiger partial charge < -0.3 is 9.47 Å². The molecular weight excluding hydrogens is 319 g/mol. The highest BCUT2D eigenvalue weighted by molar-refractivity contribution is 5.44. The van der Waals surface area contributed by atoms with Crippen LogP contribution in [0.25, 0.3) is 0 Å². The van der Waals surface area contributed by atoms with Crippen LogP contribution in [0.1, 0.15) is 41.7 Å². The Morgan fingerprint density at radius 3 is 2.62 bits per heavy atom. The molecule has 8 heteroatoms. The van der Waals surface area contributed by atoms with E-state index in [2.05, 4.69) is 19.9 Å². The lowest BCUT2D eigenvalue weighted by Crippen LogP contribution is -2.36. The third-order valence-corrected chi connectivity index (χ3v) is 4.34. The van der Waals surface area contributed by atoms with Gasteiger partial charge in [0.25, 0.3) is 0 Å². The van der Waals surface area contributed by atoms with Crippen LogP contribution in [0.2, 0.25) is 0 Å². The van der Waals surface area contributed by atoms with Crippen molar-refractivity contribution >= 4 is 5.82 Å². The number of nitrogens with zero attached hydrogens (tertiary/aromatic N) is 5. The van der Waals surface area contributed by atoms with E-state index in [-0.39, 0.29) is 5.92 Å². The molecule has 1 atom stereocenters. The molecule has 1 aliphatic rings. The van der Waals surface area contributed by atoms with Crippen molar-refractivity contribution in [1.29, 1.82) is 0 Å². The average molecular weight is 339 g/mol. The van der Waals surface area contributed by atoms with Gasteiger partial charge in [0.15, 0.2) is 5.69 Å². The zero-order chi connectivity index (χ0) is 17.5. The molecule has 0 bridgehead atoms. The van der Waals surface area contributed by atoms with Crippen LogP contribution in [0.4, 0.5) is 19.0 Å². The van der Waals surface area contributed by atoms with Gasteiger partial charge >= 0.3 is 6.18 Å². The standard InChI is InChI=1S/C16H20F3N5/c1-10-7-20-11(2)14(21-10)24-6-4-5-12(8-24)15-22-13(9-23(15)3)16(17,18)19/h7,9,12H,4-6,8H2,1-3H3/t12-/m1/s1. The third kappa shape index (κ3) is 3.22. The molecule has 2 aromatic rings. The Balaban J connectivity index is 1.86. The minimum Gasteiger partial charge on any atom is -0.354 e. The summed E-state index contributed by atoms with van der Waals surface area (Å²) in [6, 6.07) is 0. The smallest absolute Gasteiger partial charge is 0.354 e. The monoisotopic (exact) mass is 339 g/mol. The number of imidazole rings is 1. The Morgan fingerprint density at radius 2 is 1.96 bits per heavy atom. The molecule has 2 aromatic heterocycles. The summed E-state index contributed by atoms with van der Waals surface area (Å²) in [5, 5.41) is 0. The molecule has 0 aliphatic carbocycles. The summed E-state index contributed by atoms with van der Waals surface area (Å²) >= 11 is 0.